The van der Waals surface area contributed by atoms with Crippen LogP contribution in [-0.4, -0.2) is 17.5 Å². The van der Waals surface area contributed by atoms with Crippen molar-refractivity contribution in [3.05, 3.63) is 24.2 Å². The quantitative estimate of drug-likeness (QED) is 0.586. The average Bonchev–Trinajstić information content (AvgIpc) is 2.76. The van der Waals surface area contributed by atoms with E-state index in [0.29, 0.717) is 18.0 Å². The number of amides is 2. The van der Waals surface area contributed by atoms with E-state index in [9.17, 15) is 9.59 Å². The lowest BCUT2D eigenvalue weighted by Gasteiger charge is -2.03. The van der Waals surface area contributed by atoms with Gasteiger partial charge in [0.2, 0.25) is 11.8 Å². The SMILES string of the molecule is CC(=O)NN=C(C)CC(=O)NCc1ccco1. The molecule has 0 radical (unpaired) electrons. The van der Waals surface area contributed by atoms with Crippen LogP contribution in [0.15, 0.2) is 27.9 Å². The van der Waals surface area contributed by atoms with Crippen LogP contribution < -0.4 is 10.7 Å². The molecular formula is C11H15N3O3. The third-order valence-corrected chi connectivity index (χ3v) is 1.86. The second-order valence-corrected chi connectivity index (χ2v) is 3.55. The number of rotatable bonds is 5. The number of furan rings is 1. The zero-order valence-electron chi connectivity index (χ0n) is 9.82. The van der Waals surface area contributed by atoms with Crippen molar-refractivity contribution in [3.63, 3.8) is 0 Å². The third-order valence-electron chi connectivity index (χ3n) is 1.86. The zero-order chi connectivity index (χ0) is 12.7. The summed E-state index contributed by atoms with van der Waals surface area (Å²) in [5.74, 6) is 0.253. The number of carbonyl (C=O) groups is 2. The van der Waals surface area contributed by atoms with Crippen LogP contribution in [-0.2, 0) is 16.1 Å². The molecule has 92 valence electrons. The first-order valence-electron chi connectivity index (χ1n) is 5.16. The highest BCUT2D eigenvalue weighted by molar-refractivity contribution is 6.00. The smallest absolute Gasteiger partial charge is 0.236 e. The molecule has 0 spiro atoms. The molecule has 1 heterocycles. The van der Waals surface area contributed by atoms with E-state index in [2.05, 4.69) is 15.8 Å². The molecule has 0 saturated carbocycles. The van der Waals surface area contributed by atoms with E-state index >= 15 is 0 Å². The maximum absolute atomic E-state index is 11.4. The van der Waals surface area contributed by atoms with Gasteiger partial charge in [0.1, 0.15) is 5.76 Å². The van der Waals surface area contributed by atoms with Gasteiger partial charge in [-0.3, -0.25) is 9.59 Å². The molecule has 0 aliphatic carbocycles. The standard InChI is InChI=1S/C11H15N3O3/c1-8(13-14-9(2)15)6-11(16)12-7-10-4-3-5-17-10/h3-5H,6-7H2,1-2H3,(H,12,16)(H,14,15). The fourth-order valence-corrected chi connectivity index (χ4v) is 1.11. The highest BCUT2D eigenvalue weighted by Gasteiger charge is 2.04. The summed E-state index contributed by atoms with van der Waals surface area (Å²) in [7, 11) is 0. The molecule has 1 rings (SSSR count). The Morgan fingerprint density at radius 1 is 1.41 bits per heavy atom. The third kappa shape index (κ3) is 5.50. The summed E-state index contributed by atoms with van der Waals surface area (Å²) in [6, 6.07) is 3.53. The van der Waals surface area contributed by atoms with Gasteiger partial charge in [0.25, 0.3) is 0 Å². The lowest BCUT2D eigenvalue weighted by molar-refractivity contribution is -0.120. The van der Waals surface area contributed by atoms with Gasteiger partial charge in [0.05, 0.1) is 19.2 Å². The summed E-state index contributed by atoms with van der Waals surface area (Å²) in [5, 5.41) is 6.42. The predicted molar refractivity (Wildman–Crippen MR) is 62.1 cm³/mol. The number of hydrogen-bond donors (Lipinski definition) is 2. The first-order chi connectivity index (χ1) is 8.08. The lowest BCUT2D eigenvalue weighted by Crippen LogP contribution is -2.25. The van der Waals surface area contributed by atoms with Crippen molar-refractivity contribution >= 4 is 17.5 Å². The van der Waals surface area contributed by atoms with Crippen LogP contribution in [0.25, 0.3) is 0 Å². The second-order valence-electron chi connectivity index (χ2n) is 3.55. The van der Waals surface area contributed by atoms with Gasteiger partial charge in [-0.25, -0.2) is 5.43 Å². The molecule has 2 amide bonds. The summed E-state index contributed by atoms with van der Waals surface area (Å²) in [4.78, 5) is 22.0. The Labute approximate surface area is 99.1 Å². The van der Waals surface area contributed by atoms with Crippen molar-refractivity contribution < 1.29 is 14.0 Å². The van der Waals surface area contributed by atoms with Gasteiger partial charge in [-0.05, 0) is 19.1 Å². The Balaban J connectivity index is 2.29. The summed E-state index contributed by atoms with van der Waals surface area (Å²) in [5.41, 5.74) is 2.81. The molecule has 0 atom stereocenters. The highest BCUT2D eigenvalue weighted by Crippen LogP contribution is 1.98. The van der Waals surface area contributed by atoms with Crippen molar-refractivity contribution in [1.82, 2.24) is 10.7 Å². The van der Waals surface area contributed by atoms with E-state index in [1.54, 1.807) is 25.3 Å². The molecule has 0 unspecified atom stereocenters. The van der Waals surface area contributed by atoms with Crippen molar-refractivity contribution in [2.75, 3.05) is 0 Å². The first-order valence-corrected chi connectivity index (χ1v) is 5.16. The van der Waals surface area contributed by atoms with E-state index in [1.807, 2.05) is 0 Å². The van der Waals surface area contributed by atoms with Gasteiger partial charge in [0.15, 0.2) is 0 Å². The Kier molecular flexibility index (Phi) is 4.93. The van der Waals surface area contributed by atoms with Crippen LogP contribution in [0.1, 0.15) is 26.0 Å². The molecule has 0 aliphatic rings. The largest absolute Gasteiger partial charge is 0.467 e. The number of carbonyl (C=O) groups excluding carboxylic acids is 2. The Bertz CT molecular complexity index is 410. The van der Waals surface area contributed by atoms with Crippen LogP contribution in [0.2, 0.25) is 0 Å². The van der Waals surface area contributed by atoms with Gasteiger partial charge in [0, 0.05) is 12.6 Å². The minimum atomic E-state index is -0.264. The molecule has 1 aromatic heterocycles. The number of hydrogen-bond acceptors (Lipinski definition) is 4. The monoisotopic (exact) mass is 237 g/mol. The molecule has 17 heavy (non-hydrogen) atoms. The van der Waals surface area contributed by atoms with Gasteiger partial charge < -0.3 is 9.73 Å². The average molecular weight is 237 g/mol. The summed E-state index contributed by atoms with van der Waals surface area (Å²) >= 11 is 0. The first kappa shape index (κ1) is 13.0. The minimum absolute atomic E-state index is 0.140. The highest BCUT2D eigenvalue weighted by atomic mass is 16.3. The van der Waals surface area contributed by atoms with Crippen molar-refractivity contribution in [2.24, 2.45) is 5.10 Å². The molecule has 0 saturated heterocycles. The summed E-state index contributed by atoms with van der Waals surface area (Å²) in [6.07, 6.45) is 1.69. The Morgan fingerprint density at radius 2 is 2.18 bits per heavy atom. The predicted octanol–water partition coefficient (Wildman–Crippen LogP) is 0.798. The maximum Gasteiger partial charge on any atom is 0.236 e. The second kappa shape index (κ2) is 6.47. The summed E-state index contributed by atoms with van der Waals surface area (Å²) < 4.78 is 5.07. The zero-order valence-corrected chi connectivity index (χ0v) is 9.82. The minimum Gasteiger partial charge on any atom is -0.467 e. The molecular weight excluding hydrogens is 222 g/mol. The van der Waals surface area contributed by atoms with Gasteiger partial charge in [-0.2, -0.15) is 5.10 Å². The van der Waals surface area contributed by atoms with E-state index in [-0.39, 0.29) is 18.2 Å². The molecule has 0 bridgehead atoms. The van der Waals surface area contributed by atoms with Gasteiger partial charge >= 0.3 is 0 Å². The van der Waals surface area contributed by atoms with Crippen LogP contribution in [0, 0.1) is 0 Å². The van der Waals surface area contributed by atoms with Gasteiger partial charge in [-0.15, -0.1) is 0 Å². The van der Waals surface area contributed by atoms with Crippen LogP contribution in [0.5, 0.6) is 0 Å². The molecule has 0 aromatic carbocycles. The van der Waals surface area contributed by atoms with Crippen molar-refractivity contribution in [1.29, 1.82) is 0 Å². The Hall–Kier alpha value is -2.11. The van der Waals surface area contributed by atoms with Crippen molar-refractivity contribution in [3.8, 4) is 0 Å². The molecule has 6 heteroatoms. The van der Waals surface area contributed by atoms with Gasteiger partial charge in [-0.1, -0.05) is 0 Å². The fraction of sp³-hybridized carbons (Fsp3) is 0.364. The number of hydrazone groups is 1. The molecule has 2 N–H and O–H groups in total. The van der Waals surface area contributed by atoms with Crippen LogP contribution in [0.3, 0.4) is 0 Å². The topological polar surface area (TPSA) is 83.7 Å². The van der Waals surface area contributed by atoms with E-state index in [4.69, 9.17) is 4.42 Å². The van der Waals surface area contributed by atoms with E-state index in [1.165, 1.54) is 6.92 Å². The van der Waals surface area contributed by atoms with Crippen LogP contribution >= 0.6 is 0 Å². The fourth-order valence-electron chi connectivity index (χ4n) is 1.11. The molecule has 6 nitrogen and oxygen atoms in total. The van der Waals surface area contributed by atoms with E-state index < -0.39 is 0 Å². The lowest BCUT2D eigenvalue weighted by atomic mass is 10.3. The molecule has 0 fully saturated rings. The number of nitrogens with zero attached hydrogens (tertiary/aromatic N) is 1. The maximum atomic E-state index is 11.4. The summed E-state index contributed by atoms with van der Waals surface area (Å²) in [6.45, 7) is 3.37. The van der Waals surface area contributed by atoms with E-state index in [0.717, 1.165) is 0 Å². The molecule has 1 aromatic rings. The normalized spacial score (nSPS) is 11.1. The van der Waals surface area contributed by atoms with Crippen LogP contribution in [0.4, 0.5) is 0 Å². The molecule has 0 aliphatic heterocycles. The van der Waals surface area contributed by atoms with Crippen molar-refractivity contribution in [2.45, 2.75) is 26.8 Å². The Morgan fingerprint density at radius 3 is 2.76 bits per heavy atom. The number of nitrogens with one attached hydrogen (secondary N) is 2.